The van der Waals surface area contributed by atoms with Crippen LogP contribution < -0.4 is 14.9 Å². The predicted molar refractivity (Wildman–Crippen MR) is 126 cm³/mol. The van der Waals surface area contributed by atoms with Crippen molar-refractivity contribution in [1.29, 1.82) is 0 Å². The Labute approximate surface area is 194 Å². The van der Waals surface area contributed by atoms with Gasteiger partial charge in [-0.25, -0.2) is 10.0 Å². The molecule has 0 unspecified atom stereocenters. The molecule has 1 aliphatic rings. The zero-order valence-corrected chi connectivity index (χ0v) is 19.3. The Bertz CT molecular complexity index is 990. The highest BCUT2D eigenvalue weighted by Gasteiger charge is 2.52. The van der Waals surface area contributed by atoms with Crippen molar-refractivity contribution in [2.24, 2.45) is 4.99 Å². The van der Waals surface area contributed by atoms with E-state index < -0.39 is 11.6 Å². The molecule has 3 rings (SSSR count). The summed E-state index contributed by atoms with van der Waals surface area (Å²) in [5.74, 6) is 1.41. The third-order valence-electron chi connectivity index (χ3n) is 5.21. The first-order chi connectivity index (χ1) is 15.9. The number of rotatable bonds is 11. The van der Waals surface area contributed by atoms with Crippen LogP contribution in [0.25, 0.3) is 0 Å². The Morgan fingerprint density at radius 2 is 2.03 bits per heavy atom. The smallest absolute Gasteiger partial charge is 0.266 e. The lowest BCUT2D eigenvalue weighted by Crippen LogP contribution is -2.52. The zero-order chi connectivity index (χ0) is 23.8. The van der Waals surface area contributed by atoms with E-state index in [0.29, 0.717) is 30.4 Å². The molecule has 2 atom stereocenters. The summed E-state index contributed by atoms with van der Waals surface area (Å²) in [6.45, 7) is 4.37. The molecule has 0 saturated heterocycles. The van der Waals surface area contributed by atoms with Crippen LogP contribution in [-0.4, -0.2) is 61.9 Å². The summed E-state index contributed by atoms with van der Waals surface area (Å²) in [5.41, 5.74) is 3.08. The summed E-state index contributed by atoms with van der Waals surface area (Å²) < 4.78 is 17.3. The molecule has 2 aromatic carbocycles. The van der Waals surface area contributed by atoms with Gasteiger partial charge in [0, 0.05) is 39.1 Å². The van der Waals surface area contributed by atoms with Crippen molar-refractivity contribution in [3.8, 4) is 11.5 Å². The van der Waals surface area contributed by atoms with Crippen LogP contribution in [0.1, 0.15) is 30.1 Å². The molecule has 0 saturated carbocycles. The van der Waals surface area contributed by atoms with Crippen molar-refractivity contribution in [2.75, 3.05) is 34.4 Å². The molecule has 0 radical (unpaired) electrons. The summed E-state index contributed by atoms with van der Waals surface area (Å²) in [4.78, 5) is 18.2. The fourth-order valence-corrected chi connectivity index (χ4v) is 3.64. The Hall–Kier alpha value is -3.36. The normalized spacial score (nSPS) is 19.5. The van der Waals surface area contributed by atoms with Crippen molar-refractivity contribution in [3.63, 3.8) is 0 Å². The number of carbonyl (C=O) groups excluding carboxylic acids is 1. The standard InChI is InChI=1S/C25H31N3O5/c1-5-14-25(24(30)27-28(2)3)22(19-8-6-9-21(17-19)31-4)33-23(26-25)18-10-12-20(13-11-18)32-16-7-15-29/h5-6,8-13,17,22,29H,1,7,14-16H2,2-4H3,(H,27,30)/t22-,25-/m0/s1. The highest BCUT2D eigenvalue weighted by atomic mass is 16.5. The average Bonchev–Trinajstić information content (AvgIpc) is 3.20. The molecular formula is C25H31N3O5. The number of aliphatic hydroxyl groups is 1. The van der Waals surface area contributed by atoms with E-state index >= 15 is 0 Å². The van der Waals surface area contributed by atoms with Gasteiger partial charge < -0.3 is 19.3 Å². The SMILES string of the molecule is C=CC[C@]1(C(=O)NN(C)C)N=C(c2ccc(OCCCO)cc2)O[C@H]1c1cccc(OC)c1. The highest BCUT2D eigenvalue weighted by Crippen LogP contribution is 2.43. The summed E-state index contributed by atoms with van der Waals surface area (Å²) in [6.07, 6.45) is 1.84. The summed E-state index contributed by atoms with van der Waals surface area (Å²) in [7, 11) is 5.09. The molecule has 2 aromatic rings. The van der Waals surface area contributed by atoms with Crippen molar-refractivity contribution in [2.45, 2.75) is 24.5 Å². The highest BCUT2D eigenvalue weighted by molar-refractivity contribution is 6.01. The zero-order valence-electron chi connectivity index (χ0n) is 19.3. The van der Waals surface area contributed by atoms with Gasteiger partial charge in [0.1, 0.15) is 11.5 Å². The van der Waals surface area contributed by atoms with Gasteiger partial charge >= 0.3 is 0 Å². The van der Waals surface area contributed by atoms with E-state index in [1.165, 1.54) is 0 Å². The fraction of sp³-hybridized carbons (Fsp3) is 0.360. The minimum atomic E-state index is -1.25. The van der Waals surface area contributed by atoms with E-state index in [9.17, 15) is 4.79 Å². The van der Waals surface area contributed by atoms with E-state index in [1.54, 1.807) is 32.3 Å². The van der Waals surface area contributed by atoms with E-state index in [2.05, 4.69) is 12.0 Å². The third-order valence-corrected chi connectivity index (χ3v) is 5.21. The number of amides is 1. The topological polar surface area (TPSA) is 92.6 Å². The molecule has 0 aromatic heterocycles. The van der Waals surface area contributed by atoms with Crippen molar-refractivity contribution in [1.82, 2.24) is 10.4 Å². The second-order valence-corrected chi connectivity index (χ2v) is 7.89. The summed E-state index contributed by atoms with van der Waals surface area (Å²) >= 11 is 0. The number of hydrogen-bond donors (Lipinski definition) is 2. The molecule has 2 N–H and O–H groups in total. The van der Waals surface area contributed by atoms with Crippen LogP contribution in [0, 0.1) is 0 Å². The van der Waals surface area contributed by atoms with Gasteiger partial charge in [-0.1, -0.05) is 18.2 Å². The maximum Gasteiger partial charge on any atom is 0.266 e. The first-order valence-corrected chi connectivity index (χ1v) is 10.8. The molecular weight excluding hydrogens is 422 g/mol. The van der Waals surface area contributed by atoms with Crippen molar-refractivity contribution >= 4 is 11.8 Å². The number of nitrogens with zero attached hydrogens (tertiary/aromatic N) is 2. The van der Waals surface area contributed by atoms with Crippen LogP contribution in [0.5, 0.6) is 11.5 Å². The molecule has 1 amide bonds. The molecule has 1 aliphatic heterocycles. The number of ether oxygens (including phenoxy) is 3. The number of methoxy groups -OCH3 is 1. The molecule has 0 fully saturated rings. The number of hydrogen-bond acceptors (Lipinski definition) is 7. The largest absolute Gasteiger partial charge is 0.497 e. The Kier molecular flexibility index (Phi) is 8.08. The van der Waals surface area contributed by atoms with Gasteiger partial charge in [0.2, 0.25) is 5.90 Å². The van der Waals surface area contributed by atoms with Crippen molar-refractivity contribution < 1.29 is 24.1 Å². The van der Waals surface area contributed by atoms with Crippen LogP contribution in [-0.2, 0) is 9.53 Å². The number of benzene rings is 2. The van der Waals surface area contributed by atoms with E-state index in [0.717, 1.165) is 11.1 Å². The van der Waals surface area contributed by atoms with Gasteiger partial charge in [-0.2, -0.15) is 0 Å². The molecule has 8 heteroatoms. The average molecular weight is 454 g/mol. The third kappa shape index (κ3) is 5.53. The second-order valence-electron chi connectivity index (χ2n) is 7.89. The quantitative estimate of drug-likeness (QED) is 0.309. The lowest BCUT2D eigenvalue weighted by Gasteiger charge is -2.30. The Morgan fingerprint density at radius 1 is 1.27 bits per heavy atom. The van der Waals surface area contributed by atoms with Crippen molar-refractivity contribution in [3.05, 3.63) is 72.3 Å². The van der Waals surface area contributed by atoms with E-state index in [1.807, 2.05) is 48.5 Å². The minimum Gasteiger partial charge on any atom is -0.497 e. The minimum absolute atomic E-state index is 0.0782. The first-order valence-electron chi connectivity index (χ1n) is 10.8. The maximum absolute atomic E-state index is 13.4. The van der Waals surface area contributed by atoms with Gasteiger partial charge in [-0.15, -0.1) is 6.58 Å². The molecule has 0 aliphatic carbocycles. The number of carbonyl (C=O) groups is 1. The van der Waals surface area contributed by atoms with Crippen LogP contribution in [0.3, 0.4) is 0 Å². The fourth-order valence-electron chi connectivity index (χ4n) is 3.64. The van der Waals surface area contributed by atoms with Crippen LogP contribution in [0.2, 0.25) is 0 Å². The molecule has 33 heavy (non-hydrogen) atoms. The summed E-state index contributed by atoms with van der Waals surface area (Å²) in [6, 6.07) is 14.7. The Balaban J connectivity index is 2.00. The van der Waals surface area contributed by atoms with Gasteiger partial charge in [0.15, 0.2) is 11.6 Å². The second kappa shape index (κ2) is 11.0. The lowest BCUT2D eigenvalue weighted by atomic mass is 9.84. The molecule has 0 spiro atoms. The van der Waals surface area contributed by atoms with Gasteiger partial charge in [0.25, 0.3) is 5.91 Å². The molecule has 8 nitrogen and oxygen atoms in total. The van der Waals surface area contributed by atoms with Gasteiger partial charge in [0.05, 0.1) is 13.7 Å². The number of hydrazine groups is 1. The lowest BCUT2D eigenvalue weighted by molar-refractivity contribution is -0.132. The maximum atomic E-state index is 13.4. The Morgan fingerprint density at radius 3 is 2.67 bits per heavy atom. The van der Waals surface area contributed by atoms with Crippen LogP contribution in [0.15, 0.2) is 66.2 Å². The van der Waals surface area contributed by atoms with Gasteiger partial charge in [-0.05, 0) is 42.0 Å². The molecule has 1 heterocycles. The van der Waals surface area contributed by atoms with Gasteiger partial charge in [-0.3, -0.25) is 10.2 Å². The first kappa shape index (κ1) is 24.3. The van der Waals surface area contributed by atoms with Crippen LogP contribution >= 0.6 is 0 Å². The number of nitrogens with one attached hydrogen (secondary N) is 1. The number of aliphatic hydroxyl groups excluding tert-OH is 1. The van der Waals surface area contributed by atoms with Crippen LogP contribution in [0.4, 0.5) is 0 Å². The monoisotopic (exact) mass is 453 g/mol. The molecule has 176 valence electrons. The van der Waals surface area contributed by atoms with E-state index in [-0.39, 0.29) is 18.9 Å². The number of aliphatic imine (C=N–C) groups is 1. The predicted octanol–water partition coefficient (Wildman–Crippen LogP) is 2.88. The van der Waals surface area contributed by atoms with E-state index in [4.69, 9.17) is 24.3 Å². The summed E-state index contributed by atoms with van der Waals surface area (Å²) in [5, 5.41) is 10.5. The molecule has 0 bridgehead atoms.